The summed E-state index contributed by atoms with van der Waals surface area (Å²) in [7, 11) is 0. The molecule has 0 fully saturated rings. The van der Waals surface area contributed by atoms with Gasteiger partial charge < -0.3 is 10.6 Å². The Bertz CT molecular complexity index is 1280. The Balaban J connectivity index is 1.60. The number of hydrogen-bond acceptors (Lipinski definition) is 4. The van der Waals surface area contributed by atoms with E-state index < -0.39 is 35.7 Å². The predicted molar refractivity (Wildman–Crippen MR) is 133 cm³/mol. The van der Waals surface area contributed by atoms with Crippen LogP contribution in [0, 0.1) is 13.8 Å². The lowest BCUT2D eigenvalue weighted by molar-refractivity contribution is -0.129. The number of fused-ring (bicyclic) bond motifs is 1. The summed E-state index contributed by atoms with van der Waals surface area (Å²) < 4.78 is 0. The van der Waals surface area contributed by atoms with Crippen LogP contribution in [-0.4, -0.2) is 34.6 Å². The minimum Gasteiger partial charge on any atom is -0.339 e. The Hall–Kier alpha value is -3.97. The van der Waals surface area contributed by atoms with Crippen molar-refractivity contribution >= 4 is 40.9 Å². The van der Waals surface area contributed by atoms with Crippen molar-refractivity contribution in [3.8, 4) is 0 Å². The molecule has 0 spiro atoms. The summed E-state index contributed by atoms with van der Waals surface area (Å²) in [5, 5.41) is 6.10. The molecule has 8 heteroatoms. The Labute approximate surface area is 208 Å². The predicted octanol–water partition coefficient (Wildman–Crippen LogP) is 4.44. The quantitative estimate of drug-likeness (QED) is 0.500. The minimum atomic E-state index is -1.13. The van der Waals surface area contributed by atoms with Crippen LogP contribution >= 0.6 is 11.6 Å². The van der Waals surface area contributed by atoms with Crippen LogP contribution < -0.4 is 10.6 Å². The van der Waals surface area contributed by atoms with Gasteiger partial charge in [-0.1, -0.05) is 54.1 Å². The number of nitrogens with zero attached hydrogens (tertiary/aromatic N) is 1. The van der Waals surface area contributed by atoms with Crippen LogP contribution in [0.25, 0.3) is 0 Å². The van der Waals surface area contributed by atoms with Crippen molar-refractivity contribution in [1.82, 2.24) is 10.2 Å². The van der Waals surface area contributed by atoms with Crippen LogP contribution in [0.15, 0.2) is 66.7 Å². The van der Waals surface area contributed by atoms with E-state index in [1.165, 1.54) is 6.92 Å². The van der Waals surface area contributed by atoms with E-state index in [0.29, 0.717) is 16.3 Å². The van der Waals surface area contributed by atoms with Crippen molar-refractivity contribution in [2.45, 2.75) is 32.9 Å². The number of hydrogen-bond donors (Lipinski definition) is 2. The number of anilines is 1. The van der Waals surface area contributed by atoms with Crippen molar-refractivity contribution in [3.05, 3.63) is 99.6 Å². The summed E-state index contributed by atoms with van der Waals surface area (Å²) in [6.07, 6.45) is 0. The van der Waals surface area contributed by atoms with E-state index in [-0.39, 0.29) is 11.1 Å². The van der Waals surface area contributed by atoms with Crippen molar-refractivity contribution in [2.75, 3.05) is 5.32 Å². The zero-order valence-corrected chi connectivity index (χ0v) is 20.2. The molecule has 3 aromatic rings. The van der Waals surface area contributed by atoms with Gasteiger partial charge in [0.15, 0.2) is 0 Å². The number of carbonyl (C=O) groups is 4. The molecule has 0 aromatic heterocycles. The number of rotatable bonds is 6. The second kappa shape index (κ2) is 9.72. The average Bonchev–Trinajstić information content (AvgIpc) is 3.10. The van der Waals surface area contributed by atoms with Gasteiger partial charge in [0.25, 0.3) is 17.7 Å². The number of para-hydroxylation sites is 1. The molecular formula is C27H24ClN3O4. The van der Waals surface area contributed by atoms with Gasteiger partial charge in [-0.3, -0.25) is 24.1 Å². The second-order valence-electron chi connectivity index (χ2n) is 8.45. The van der Waals surface area contributed by atoms with E-state index in [1.54, 1.807) is 48.5 Å². The highest BCUT2D eigenvalue weighted by Crippen LogP contribution is 2.26. The number of aryl methyl sites for hydroxylation is 2. The molecule has 0 bridgehead atoms. The lowest BCUT2D eigenvalue weighted by Gasteiger charge is -2.25. The standard InChI is InChI=1S/C27H24ClN3O4/c1-15-7-6-8-16(2)22(15)29-25(33)23(18-11-13-19(28)14-12-18)30-24(32)17(3)31-26(34)20-9-4-5-10-21(20)27(31)35/h4-14,17,23H,1-3H3,(H,29,33)(H,30,32). The number of nitrogens with one attached hydrogen (secondary N) is 2. The SMILES string of the molecule is Cc1cccc(C)c1NC(=O)C(NC(=O)C(C)N1C(=O)c2ccccc2C1=O)c1ccc(Cl)cc1. The van der Waals surface area contributed by atoms with Gasteiger partial charge in [-0.05, 0) is 61.7 Å². The van der Waals surface area contributed by atoms with Crippen molar-refractivity contribution in [2.24, 2.45) is 0 Å². The van der Waals surface area contributed by atoms with Crippen molar-refractivity contribution < 1.29 is 19.2 Å². The molecule has 0 saturated heterocycles. The third-order valence-electron chi connectivity index (χ3n) is 6.07. The number of halogens is 1. The summed E-state index contributed by atoms with van der Waals surface area (Å²) in [4.78, 5) is 53.2. The molecular weight excluding hydrogens is 466 g/mol. The lowest BCUT2D eigenvalue weighted by Crippen LogP contribution is -2.50. The summed E-state index contributed by atoms with van der Waals surface area (Å²) >= 11 is 6.02. The normalized spacial score (nSPS) is 14.3. The number of carbonyl (C=O) groups excluding carboxylic acids is 4. The summed E-state index contributed by atoms with van der Waals surface area (Å²) in [6, 6.07) is 16.4. The van der Waals surface area contributed by atoms with Gasteiger partial charge in [0.1, 0.15) is 12.1 Å². The summed E-state index contributed by atoms with van der Waals surface area (Å²) in [6.45, 7) is 5.21. The van der Waals surface area contributed by atoms with E-state index in [2.05, 4.69) is 10.6 Å². The molecule has 0 radical (unpaired) electrons. The highest BCUT2D eigenvalue weighted by molar-refractivity contribution is 6.30. The molecule has 4 rings (SSSR count). The van der Waals surface area contributed by atoms with E-state index in [0.717, 1.165) is 16.0 Å². The molecule has 7 nitrogen and oxygen atoms in total. The minimum absolute atomic E-state index is 0.249. The third-order valence-corrected chi connectivity index (χ3v) is 6.33. The number of benzene rings is 3. The van der Waals surface area contributed by atoms with Crippen LogP contribution in [0.3, 0.4) is 0 Å². The van der Waals surface area contributed by atoms with Gasteiger partial charge in [-0.15, -0.1) is 0 Å². The Morgan fingerprint density at radius 1 is 0.800 bits per heavy atom. The van der Waals surface area contributed by atoms with Crippen molar-refractivity contribution in [3.63, 3.8) is 0 Å². The van der Waals surface area contributed by atoms with Gasteiger partial charge in [0, 0.05) is 10.7 Å². The molecule has 2 unspecified atom stereocenters. The molecule has 2 atom stereocenters. The molecule has 1 aliphatic heterocycles. The Kier molecular flexibility index (Phi) is 6.71. The van der Waals surface area contributed by atoms with Crippen molar-refractivity contribution in [1.29, 1.82) is 0 Å². The fraction of sp³-hybridized carbons (Fsp3) is 0.185. The average molecular weight is 490 g/mol. The fourth-order valence-electron chi connectivity index (χ4n) is 4.10. The van der Waals surface area contributed by atoms with Gasteiger partial charge >= 0.3 is 0 Å². The van der Waals surface area contributed by atoms with Crippen LogP contribution in [0.4, 0.5) is 5.69 Å². The first-order chi connectivity index (χ1) is 16.7. The van der Waals surface area contributed by atoms with Gasteiger partial charge in [-0.25, -0.2) is 0 Å². The molecule has 35 heavy (non-hydrogen) atoms. The first-order valence-corrected chi connectivity index (χ1v) is 11.5. The van der Waals surface area contributed by atoms with Crippen LogP contribution in [-0.2, 0) is 9.59 Å². The number of imide groups is 1. The van der Waals surface area contributed by atoms with Crippen LogP contribution in [0.2, 0.25) is 5.02 Å². The molecule has 2 N–H and O–H groups in total. The van der Waals surface area contributed by atoms with E-state index >= 15 is 0 Å². The van der Waals surface area contributed by atoms with Gasteiger partial charge in [-0.2, -0.15) is 0 Å². The molecule has 0 aliphatic carbocycles. The maximum atomic E-state index is 13.4. The van der Waals surface area contributed by atoms with E-state index in [9.17, 15) is 19.2 Å². The highest BCUT2D eigenvalue weighted by atomic mass is 35.5. The van der Waals surface area contributed by atoms with E-state index in [1.807, 2.05) is 32.0 Å². The zero-order valence-electron chi connectivity index (χ0n) is 19.5. The summed E-state index contributed by atoms with van der Waals surface area (Å²) in [5.74, 6) is -2.20. The molecule has 178 valence electrons. The largest absolute Gasteiger partial charge is 0.339 e. The Morgan fingerprint density at radius 2 is 1.34 bits per heavy atom. The molecule has 0 saturated carbocycles. The maximum absolute atomic E-state index is 13.4. The first kappa shape index (κ1) is 24.2. The second-order valence-corrected chi connectivity index (χ2v) is 8.89. The lowest BCUT2D eigenvalue weighted by atomic mass is 10.0. The topological polar surface area (TPSA) is 95.6 Å². The molecule has 1 heterocycles. The van der Waals surface area contributed by atoms with Crippen LogP contribution in [0.5, 0.6) is 0 Å². The van der Waals surface area contributed by atoms with Crippen LogP contribution in [0.1, 0.15) is 50.4 Å². The molecule has 4 amide bonds. The fourth-order valence-corrected chi connectivity index (χ4v) is 4.23. The van der Waals surface area contributed by atoms with E-state index in [4.69, 9.17) is 11.6 Å². The smallest absolute Gasteiger partial charge is 0.262 e. The first-order valence-electron chi connectivity index (χ1n) is 11.1. The van der Waals surface area contributed by atoms with Gasteiger partial charge in [0.05, 0.1) is 11.1 Å². The monoisotopic (exact) mass is 489 g/mol. The maximum Gasteiger partial charge on any atom is 0.262 e. The number of amides is 4. The molecule has 3 aromatic carbocycles. The highest BCUT2D eigenvalue weighted by Gasteiger charge is 2.41. The molecule has 1 aliphatic rings. The van der Waals surface area contributed by atoms with Gasteiger partial charge in [0.2, 0.25) is 5.91 Å². The Morgan fingerprint density at radius 3 is 1.89 bits per heavy atom. The zero-order chi connectivity index (χ0) is 25.3. The third kappa shape index (κ3) is 4.68. The summed E-state index contributed by atoms with van der Waals surface area (Å²) in [5.41, 5.74) is 3.40.